The van der Waals surface area contributed by atoms with Crippen LogP contribution in [0.3, 0.4) is 0 Å². The van der Waals surface area contributed by atoms with Crippen LogP contribution in [0.2, 0.25) is 0 Å². The molecule has 4 aromatic rings. The van der Waals surface area contributed by atoms with Gasteiger partial charge in [0.2, 0.25) is 5.91 Å². The molecule has 2 aromatic heterocycles. The van der Waals surface area contributed by atoms with Crippen molar-refractivity contribution in [3.8, 4) is 0 Å². The van der Waals surface area contributed by atoms with E-state index in [0.717, 1.165) is 4.88 Å². The Balaban J connectivity index is 1.36. The van der Waals surface area contributed by atoms with Gasteiger partial charge < -0.3 is 10.3 Å². The minimum atomic E-state index is -0.261. The molecule has 146 valence electrons. The third kappa shape index (κ3) is 4.55. The van der Waals surface area contributed by atoms with Gasteiger partial charge >= 0.3 is 0 Å². The van der Waals surface area contributed by atoms with Gasteiger partial charge in [0.25, 0.3) is 5.56 Å². The molecule has 0 radical (unpaired) electrons. The van der Waals surface area contributed by atoms with E-state index in [1.165, 1.54) is 17.4 Å². The third-order valence-corrected chi connectivity index (χ3v) is 5.29. The van der Waals surface area contributed by atoms with Crippen LogP contribution in [0.4, 0.5) is 9.52 Å². The second kappa shape index (κ2) is 8.32. The first-order valence-corrected chi connectivity index (χ1v) is 9.86. The second-order valence-electron chi connectivity index (χ2n) is 6.48. The molecule has 0 bridgehead atoms. The molecule has 0 spiro atoms. The monoisotopic (exact) mass is 408 g/mol. The number of para-hydroxylation sites is 1. The van der Waals surface area contributed by atoms with E-state index in [9.17, 15) is 14.0 Å². The molecular formula is C21H17FN4O2S. The number of carbonyl (C=O) groups excluding carboxylic acids is 1. The highest BCUT2D eigenvalue weighted by molar-refractivity contribution is 7.15. The van der Waals surface area contributed by atoms with Crippen molar-refractivity contribution in [1.29, 1.82) is 0 Å². The molecule has 29 heavy (non-hydrogen) atoms. The van der Waals surface area contributed by atoms with Crippen molar-refractivity contribution in [2.24, 2.45) is 0 Å². The maximum absolute atomic E-state index is 13.8. The molecule has 0 fully saturated rings. The average Bonchev–Trinajstić information content (AvgIpc) is 3.15. The topological polar surface area (TPSA) is 87.7 Å². The summed E-state index contributed by atoms with van der Waals surface area (Å²) in [4.78, 5) is 36.4. The van der Waals surface area contributed by atoms with E-state index in [-0.39, 0.29) is 23.7 Å². The molecule has 6 nitrogen and oxygen atoms in total. The summed E-state index contributed by atoms with van der Waals surface area (Å²) in [6.07, 6.45) is 2.51. The maximum Gasteiger partial charge on any atom is 0.258 e. The predicted octanol–water partition coefficient (Wildman–Crippen LogP) is 3.68. The van der Waals surface area contributed by atoms with E-state index in [4.69, 9.17) is 0 Å². The predicted molar refractivity (Wildman–Crippen MR) is 111 cm³/mol. The van der Waals surface area contributed by atoms with Gasteiger partial charge in [0, 0.05) is 30.3 Å². The quantitative estimate of drug-likeness (QED) is 0.509. The van der Waals surface area contributed by atoms with Gasteiger partial charge in [-0.1, -0.05) is 30.3 Å². The van der Waals surface area contributed by atoms with Crippen molar-refractivity contribution in [2.45, 2.75) is 19.3 Å². The van der Waals surface area contributed by atoms with Gasteiger partial charge in [0.15, 0.2) is 5.13 Å². The maximum atomic E-state index is 13.8. The van der Waals surface area contributed by atoms with Gasteiger partial charge in [0.1, 0.15) is 11.6 Å². The van der Waals surface area contributed by atoms with Crippen LogP contribution in [0, 0.1) is 5.82 Å². The fraction of sp³-hybridized carbons (Fsp3) is 0.143. The smallest absolute Gasteiger partial charge is 0.258 e. The number of halogens is 1. The van der Waals surface area contributed by atoms with Gasteiger partial charge in [0.05, 0.1) is 10.9 Å². The minimum absolute atomic E-state index is 0.156. The van der Waals surface area contributed by atoms with Crippen LogP contribution >= 0.6 is 11.3 Å². The van der Waals surface area contributed by atoms with Crippen LogP contribution in [0.1, 0.15) is 22.7 Å². The Kier molecular flexibility index (Phi) is 5.44. The van der Waals surface area contributed by atoms with E-state index >= 15 is 0 Å². The highest BCUT2D eigenvalue weighted by Crippen LogP contribution is 2.22. The first-order valence-electron chi connectivity index (χ1n) is 9.04. The van der Waals surface area contributed by atoms with Crippen LogP contribution in [0.25, 0.3) is 10.9 Å². The lowest BCUT2D eigenvalue weighted by molar-refractivity contribution is -0.116. The van der Waals surface area contributed by atoms with Crippen molar-refractivity contribution in [2.75, 3.05) is 5.32 Å². The highest BCUT2D eigenvalue weighted by Gasteiger charge is 2.10. The van der Waals surface area contributed by atoms with Gasteiger partial charge in [-0.3, -0.25) is 9.59 Å². The number of fused-ring (bicyclic) bond motifs is 1. The second-order valence-corrected chi connectivity index (χ2v) is 7.59. The molecule has 0 aliphatic rings. The van der Waals surface area contributed by atoms with Crippen LogP contribution in [0.15, 0.2) is 59.5 Å². The number of rotatable bonds is 6. The van der Waals surface area contributed by atoms with Crippen LogP contribution in [-0.2, 0) is 17.6 Å². The number of amides is 1. The number of thiazole rings is 1. The van der Waals surface area contributed by atoms with Gasteiger partial charge in [-0.2, -0.15) is 0 Å². The number of aromatic amines is 1. The summed E-state index contributed by atoms with van der Waals surface area (Å²) in [5, 5.41) is 3.72. The average molecular weight is 408 g/mol. The van der Waals surface area contributed by atoms with E-state index in [1.807, 2.05) is 6.07 Å². The van der Waals surface area contributed by atoms with Crippen molar-refractivity contribution in [3.63, 3.8) is 0 Å². The number of aryl methyl sites for hydroxylation is 1. The molecule has 0 saturated carbocycles. The van der Waals surface area contributed by atoms with E-state index in [0.29, 0.717) is 40.3 Å². The normalized spacial score (nSPS) is 10.9. The summed E-state index contributed by atoms with van der Waals surface area (Å²) in [5.41, 5.74) is 0.966. The van der Waals surface area contributed by atoms with Crippen molar-refractivity contribution in [1.82, 2.24) is 15.0 Å². The summed E-state index contributed by atoms with van der Waals surface area (Å²) in [5.74, 6) is -0.0285. The Labute approximate surface area is 169 Å². The first-order chi connectivity index (χ1) is 14.1. The molecule has 0 unspecified atom stereocenters. The lowest BCUT2D eigenvalue weighted by Gasteiger charge is -2.03. The lowest BCUT2D eigenvalue weighted by atomic mass is 10.1. The fourth-order valence-corrected chi connectivity index (χ4v) is 3.80. The third-order valence-electron chi connectivity index (χ3n) is 4.37. The highest BCUT2D eigenvalue weighted by atomic mass is 32.1. The Morgan fingerprint density at radius 3 is 2.79 bits per heavy atom. The lowest BCUT2D eigenvalue weighted by Crippen LogP contribution is -2.16. The Hall–Kier alpha value is -3.39. The molecule has 0 aliphatic carbocycles. The number of nitrogens with zero attached hydrogens (tertiary/aromatic N) is 2. The molecule has 2 heterocycles. The fourth-order valence-electron chi connectivity index (χ4n) is 2.94. The Morgan fingerprint density at radius 1 is 1.14 bits per heavy atom. The SMILES string of the molecule is O=C(CCc1nc2ccccc2c(=O)[nH]1)Nc1ncc(Cc2ccccc2F)s1. The Morgan fingerprint density at radius 2 is 1.93 bits per heavy atom. The van der Waals surface area contributed by atoms with E-state index < -0.39 is 0 Å². The number of aromatic nitrogens is 3. The van der Waals surface area contributed by atoms with Crippen LogP contribution in [-0.4, -0.2) is 20.9 Å². The number of hydrogen-bond acceptors (Lipinski definition) is 5. The van der Waals surface area contributed by atoms with Crippen molar-refractivity contribution < 1.29 is 9.18 Å². The molecule has 0 saturated heterocycles. The zero-order valence-corrected chi connectivity index (χ0v) is 16.1. The van der Waals surface area contributed by atoms with Gasteiger partial charge in [-0.05, 0) is 23.8 Å². The van der Waals surface area contributed by atoms with E-state index in [2.05, 4.69) is 20.3 Å². The largest absolute Gasteiger partial charge is 0.310 e. The number of anilines is 1. The molecule has 4 rings (SSSR count). The molecular weight excluding hydrogens is 391 g/mol. The Bertz CT molecular complexity index is 1230. The van der Waals surface area contributed by atoms with Crippen LogP contribution in [0.5, 0.6) is 0 Å². The molecule has 8 heteroatoms. The zero-order valence-electron chi connectivity index (χ0n) is 15.3. The first kappa shape index (κ1) is 18.9. The zero-order chi connectivity index (χ0) is 20.2. The number of H-pyrrole nitrogens is 1. The van der Waals surface area contributed by atoms with Crippen molar-refractivity contribution in [3.05, 3.63) is 87.2 Å². The summed E-state index contributed by atoms with van der Waals surface area (Å²) >= 11 is 1.31. The number of nitrogens with one attached hydrogen (secondary N) is 2. The van der Waals surface area contributed by atoms with Gasteiger partial charge in [-0.15, -0.1) is 11.3 Å². The number of hydrogen-bond donors (Lipinski definition) is 2. The summed E-state index contributed by atoms with van der Waals surface area (Å²) in [7, 11) is 0. The van der Waals surface area contributed by atoms with E-state index in [1.54, 1.807) is 42.6 Å². The standard InChI is InChI=1S/C21H17FN4O2S/c22-16-7-3-1-5-13(16)11-14-12-23-21(29-14)26-19(27)10-9-18-24-17-8-4-2-6-15(17)20(28)25-18/h1-8,12H,9-11H2,(H,23,26,27)(H,24,25,28). The van der Waals surface area contributed by atoms with Gasteiger partial charge in [-0.25, -0.2) is 14.4 Å². The summed E-state index contributed by atoms with van der Waals surface area (Å²) in [6.45, 7) is 0. The molecule has 0 atom stereocenters. The van der Waals surface area contributed by atoms with Crippen molar-refractivity contribution >= 4 is 33.3 Å². The molecule has 0 aliphatic heterocycles. The molecule has 2 N–H and O–H groups in total. The molecule has 2 aromatic carbocycles. The summed E-state index contributed by atoms with van der Waals surface area (Å²) in [6, 6.07) is 13.6. The number of benzene rings is 2. The minimum Gasteiger partial charge on any atom is -0.310 e. The van der Waals surface area contributed by atoms with Crippen LogP contribution < -0.4 is 10.9 Å². The molecule has 1 amide bonds. The summed E-state index contributed by atoms with van der Waals surface area (Å²) < 4.78 is 13.8. The number of carbonyl (C=O) groups is 1.